The molecule has 0 aliphatic heterocycles. The van der Waals surface area contributed by atoms with E-state index in [9.17, 15) is 19.2 Å². The summed E-state index contributed by atoms with van der Waals surface area (Å²) in [5, 5.41) is 0. The molecule has 0 rings (SSSR count). The van der Waals surface area contributed by atoms with Crippen LogP contribution >= 0.6 is 7.92 Å². The summed E-state index contributed by atoms with van der Waals surface area (Å²) in [6.07, 6.45) is 40.5. The van der Waals surface area contributed by atoms with Crippen LogP contribution < -0.4 is 0 Å². The minimum atomic E-state index is -0.680. The molecular weight excluding hydrogens is 802 g/mol. The molecule has 0 radical (unpaired) electrons. The van der Waals surface area contributed by atoms with Crippen LogP contribution in [0.5, 0.6) is 0 Å². The molecule has 0 bridgehead atoms. The van der Waals surface area contributed by atoms with Crippen LogP contribution in [-0.2, 0) is 28.7 Å². The fourth-order valence-electron chi connectivity index (χ4n) is 7.29. The first-order chi connectivity index (χ1) is 29.8. The number of esters is 1. The van der Waals surface area contributed by atoms with E-state index in [1.807, 2.05) is 41.5 Å². The molecule has 368 valence electrons. The van der Waals surface area contributed by atoms with E-state index in [-0.39, 0.29) is 22.4 Å². The Kier molecular flexibility index (Phi) is 37.4. The maximum absolute atomic E-state index is 13.0. The van der Waals surface area contributed by atoms with Gasteiger partial charge in [0, 0.05) is 56.1 Å². The van der Waals surface area contributed by atoms with Gasteiger partial charge in [-0.05, 0) is 119 Å². The van der Waals surface area contributed by atoms with Gasteiger partial charge in [0.15, 0.2) is 5.52 Å². The molecule has 0 fully saturated rings. The predicted octanol–water partition coefficient (Wildman–Crippen LogP) is 15.6. The number of carbonyl (C=O) groups is 4. The fourth-order valence-corrected chi connectivity index (χ4v) is 8.66. The van der Waals surface area contributed by atoms with Crippen LogP contribution in [0.2, 0.25) is 0 Å². The molecule has 0 saturated heterocycles. The van der Waals surface area contributed by atoms with Gasteiger partial charge in [0.2, 0.25) is 0 Å². The molecule has 0 amide bonds. The van der Waals surface area contributed by atoms with Crippen molar-refractivity contribution >= 4 is 31.0 Å². The highest BCUT2D eigenvalue weighted by molar-refractivity contribution is 7.74. The Morgan fingerprint density at radius 1 is 0.444 bits per heavy atom. The first-order valence-corrected chi connectivity index (χ1v) is 27.9. The van der Waals surface area contributed by atoms with Crippen LogP contribution in [0.3, 0.4) is 0 Å². The molecule has 0 spiro atoms. The van der Waals surface area contributed by atoms with Crippen LogP contribution in [0.25, 0.3) is 0 Å². The van der Waals surface area contributed by atoms with Gasteiger partial charge in [-0.3, -0.25) is 24.1 Å². The van der Waals surface area contributed by atoms with Crippen molar-refractivity contribution in [1.82, 2.24) is 4.90 Å². The third-order valence-electron chi connectivity index (χ3n) is 11.9. The molecule has 0 aliphatic rings. The summed E-state index contributed by atoms with van der Waals surface area (Å²) in [5.41, 5.74) is -0.166. The fraction of sp³-hybridized carbons (Fsp3) is 0.855. The number of allylic oxidation sites excluding steroid dienone is 4. The summed E-state index contributed by atoms with van der Waals surface area (Å²) in [4.78, 5) is 51.8. The maximum atomic E-state index is 13.0. The summed E-state index contributed by atoms with van der Waals surface area (Å²) in [6.45, 7) is 23.7. The SMILES string of the molecule is CP(CCN(CCOC(=O)CCCCCCC/C=C/CCCCCCCC(=O)C(C)(C)C)CCOC(C)(C)C)C(=O)CCCCCCC/C=C/CCCCCCCC(=O)C(C)(C)C. The topological polar surface area (TPSA) is 90.0 Å². The van der Waals surface area contributed by atoms with E-state index >= 15 is 0 Å². The number of ether oxygens (including phenoxy) is 2. The van der Waals surface area contributed by atoms with E-state index in [1.54, 1.807) is 0 Å². The van der Waals surface area contributed by atoms with E-state index in [1.165, 1.54) is 70.6 Å². The van der Waals surface area contributed by atoms with E-state index in [4.69, 9.17) is 9.47 Å². The highest BCUT2D eigenvalue weighted by Gasteiger charge is 2.21. The monoisotopic (exact) mass is 904 g/mol. The highest BCUT2D eigenvalue weighted by Crippen LogP contribution is 2.34. The van der Waals surface area contributed by atoms with Gasteiger partial charge in [-0.25, -0.2) is 0 Å². The normalized spacial score (nSPS) is 13.1. The third-order valence-corrected chi connectivity index (χ3v) is 13.8. The second-order valence-corrected chi connectivity index (χ2v) is 23.7. The quantitative estimate of drug-likeness (QED) is 0.0261. The Morgan fingerprint density at radius 2 is 0.794 bits per heavy atom. The molecule has 0 aromatic heterocycles. The van der Waals surface area contributed by atoms with Crippen LogP contribution in [-0.4, -0.2) is 79.2 Å². The average molecular weight is 904 g/mol. The molecule has 0 aliphatic carbocycles. The number of rotatable bonds is 42. The lowest BCUT2D eigenvalue weighted by molar-refractivity contribution is -0.144. The van der Waals surface area contributed by atoms with Crippen molar-refractivity contribution in [3.05, 3.63) is 24.3 Å². The van der Waals surface area contributed by atoms with Crippen molar-refractivity contribution in [3.63, 3.8) is 0 Å². The van der Waals surface area contributed by atoms with E-state index in [0.29, 0.717) is 49.7 Å². The molecule has 0 heterocycles. The minimum absolute atomic E-state index is 0.105. The maximum Gasteiger partial charge on any atom is 0.305 e. The second kappa shape index (κ2) is 38.4. The smallest absolute Gasteiger partial charge is 0.305 e. The standard InChI is InChI=1S/C55H102NO6P/c1-53(2,3)49(57)39-35-31-27-23-19-15-11-13-17-21-25-29-33-37-41-51(59)61-46-43-56(44-47-62-55(7,8)9)45-48-63(10)52(60)42-38-34-30-26-22-18-14-12-16-20-24-28-32-36-40-50(58)54(4,5)6/h11-14H,15-48H2,1-10H3/b13-11+,14-12+. The number of hydrogen-bond donors (Lipinski definition) is 0. The van der Waals surface area contributed by atoms with E-state index < -0.39 is 7.92 Å². The Bertz CT molecular complexity index is 1220. The zero-order valence-electron chi connectivity index (χ0n) is 43.2. The summed E-state index contributed by atoms with van der Waals surface area (Å²) in [7, 11) is -0.680. The molecule has 0 N–H and O–H groups in total. The Labute approximate surface area is 391 Å². The Hall–Kier alpha value is -1.69. The van der Waals surface area contributed by atoms with Crippen molar-refractivity contribution in [2.45, 2.75) is 248 Å². The number of Topliss-reactive ketones (excluding diaryl/α,β-unsaturated/α-hetero) is 2. The van der Waals surface area contributed by atoms with Crippen LogP contribution in [0.4, 0.5) is 0 Å². The van der Waals surface area contributed by atoms with Gasteiger partial charge in [-0.2, -0.15) is 0 Å². The first-order valence-electron chi connectivity index (χ1n) is 26.0. The van der Waals surface area contributed by atoms with Gasteiger partial charge < -0.3 is 9.47 Å². The largest absolute Gasteiger partial charge is 0.464 e. The van der Waals surface area contributed by atoms with Crippen LogP contribution in [0.15, 0.2) is 24.3 Å². The third kappa shape index (κ3) is 41.5. The zero-order chi connectivity index (χ0) is 47.2. The van der Waals surface area contributed by atoms with Crippen molar-refractivity contribution < 1.29 is 28.7 Å². The molecule has 0 aromatic rings. The number of ketones is 2. The second-order valence-electron chi connectivity index (χ2n) is 21.4. The Morgan fingerprint density at radius 3 is 1.19 bits per heavy atom. The molecular formula is C55H102NO6P. The minimum Gasteiger partial charge on any atom is -0.464 e. The molecule has 0 saturated carbocycles. The molecule has 8 heteroatoms. The van der Waals surface area contributed by atoms with Gasteiger partial charge in [0.25, 0.3) is 0 Å². The molecule has 1 atom stereocenters. The number of carbonyl (C=O) groups excluding carboxylic acids is 4. The van der Waals surface area contributed by atoms with Gasteiger partial charge in [0.1, 0.15) is 18.2 Å². The lowest BCUT2D eigenvalue weighted by Gasteiger charge is -2.26. The van der Waals surface area contributed by atoms with Crippen LogP contribution in [0, 0.1) is 10.8 Å². The first kappa shape index (κ1) is 61.3. The molecule has 0 aromatic carbocycles. The lowest BCUT2D eigenvalue weighted by Crippen LogP contribution is -2.35. The number of unbranched alkanes of at least 4 members (excludes halogenated alkanes) is 20. The lowest BCUT2D eigenvalue weighted by atomic mass is 9.88. The number of hydrogen-bond acceptors (Lipinski definition) is 7. The summed E-state index contributed by atoms with van der Waals surface area (Å²) in [5.74, 6) is 0.663. The molecule has 7 nitrogen and oxygen atoms in total. The van der Waals surface area contributed by atoms with Crippen molar-refractivity contribution in [2.75, 3.05) is 45.7 Å². The predicted molar refractivity (Wildman–Crippen MR) is 272 cm³/mol. The average Bonchev–Trinajstić information content (AvgIpc) is 3.20. The zero-order valence-corrected chi connectivity index (χ0v) is 44.1. The van der Waals surface area contributed by atoms with Gasteiger partial charge in [0.05, 0.1) is 12.2 Å². The summed E-state index contributed by atoms with van der Waals surface area (Å²) >= 11 is 0. The summed E-state index contributed by atoms with van der Waals surface area (Å²) in [6, 6.07) is 0. The van der Waals surface area contributed by atoms with Crippen molar-refractivity contribution in [3.8, 4) is 0 Å². The van der Waals surface area contributed by atoms with Crippen molar-refractivity contribution in [2.24, 2.45) is 10.8 Å². The van der Waals surface area contributed by atoms with Gasteiger partial charge >= 0.3 is 5.97 Å². The number of nitrogens with zero attached hydrogens (tertiary/aromatic N) is 1. The summed E-state index contributed by atoms with van der Waals surface area (Å²) < 4.78 is 11.7. The Balaban J connectivity index is 4.04. The van der Waals surface area contributed by atoms with E-state index in [2.05, 4.69) is 56.6 Å². The highest BCUT2D eigenvalue weighted by atomic mass is 31.1. The molecule has 63 heavy (non-hydrogen) atoms. The van der Waals surface area contributed by atoms with Gasteiger partial charge in [-0.15, -0.1) is 0 Å². The van der Waals surface area contributed by atoms with E-state index in [0.717, 1.165) is 116 Å². The van der Waals surface area contributed by atoms with Crippen LogP contribution in [0.1, 0.15) is 242 Å². The molecule has 1 unspecified atom stereocenters. The van der Waals surface area contributed by atoms with Gasteiger partial charge in [-0.1, -0.05) is 143 Å². The van der Waals surface area contributed by atoms with Crippen molar-refractivity contribution in [1.29, 1.82) is 0 Å².